The lowest BCUT2D eigenvalue weighted by Gasteiger charge is -2.14. The van der Waals surface area contributed by atoms with Crippen molar-refractivity contribution in [2.75, 3.05) is 6.61 Å². The maximum Gasteiger partial charge on any atom is 0.311 e. The van der Waals surface area contributed by atoms with Crippen molar-refractivity contribution in [2.24, 2.45) is 0 Å². The van der Waals surface area contributed by atoms with Gasteiger partial charge in [-0.1, -0.05) is 36.4 Å². The van der Waals surface area contributed by atoms with Crippen LogP contribution in [-0.2, 0) is 20.7 Å². The van der Waals surface area contributed by atoms with Gasteiger partial charge in [-0.25, -0.2) is 0 Å². The molecule has 2 aromatic rings. The van der Waals surface area contributed by atoms with Crippen molar-refractivity contribution in [1.82, 2.24) is 5.32 Å². The van der Waals surface area contributed by atoms with Crippen molar-refractivity contribution in [3.05, 3.63) is 58.3 Å². The molecule has 1 atom stereocenters. The standard InChI is InChI=1S/C16H17NO3S/c1-12(13-6-3-2-4-7-13)17-15(18)11-20-16(19)10-14-8-5-9-21-14/h2-9,12H,10-11H2,1H3,(H,17,18)/t12-/m0/s1. The van der Waals surface area contributed by atoms with E-state index in [1.165, 1.54) is 11.3 Å². The molecule has 1 aromatic carbocycles. The third-order valence-corrected chi connectivity index (χ3v) is 3.82. The molecule has 4 nitrogen and oxygen atoms in total. The second-order valence-electron chi connectivity index (χ2n) is 4.62. The first-order valence-electron chi connectivity index (χ1n) is 6.67. The number of carbonyl (C=O) groups is 2. The van der Waals surface area contributed by atoms with E-state index in [2.05, 4.69) is 5.32 Å². The van der Waals surface area contributed by atoms with Crippen molar-refractivity contribution >= 4 is 23.2 Å². The largest absolute Gasteiger partial charge is 0.455 e. The molecule has 2 rings (SSSR count). The molecule has 1 amide bonds. The summed E-state index contributed by atoms with van der Waals surface area (Å²) >= 11 is 1.49. The van der Waals surface area contributed by atoms with Crippen LogP contribution in [0.2, 0.25) is 0 Å². The minimum Gasteiger partial charge on any atom is -0.455 e. The highest BCUT2D eigenvalue weighted by molar-refractivity contribution is 7.10. The fraction of sp³-hybridized carbons (Fsp3) is 0.250. The summed E-state index contributed by atoms with van der Waals surface area (Å²) in [6.07, 6.45) is 0.208. The second kappa shape index (κ2) is 7.59. The van der Waals surface area contributed by atoms with Gasteiger partial charge in [-0.3, -0.25) is 9.59 Å². The van der Waals surface area contributed by atoms with Crippen LogP contribution >= 0.6 is 11.3 Å². The minimum absolute atomic E-state index is 0.116. The van der Waals surface area contributed by atoms with Crippen LogP contribution in [0.1, 0.15) is 23.4 Å². The predicted molar refractivity (Wildman–Crippen MR) is 82.0 cm³/mol. The molecule has 0 fully saturated rings. The molecule has 1 heterocycles. The maximum atomic E-state index is 11.7. The number of benzene rings is 1. The number of thiophene rings is 1. The average molecular weight is 303 g/mol. The van der Waals surface area contributed by atoms with Crippen molar-refractivity contribution in [3.8, 4) is 0 Å². The van der Waals surface area contributed by atoms with Gasteiger partial charge < -0.3 is 10.1 Å². The molecular formula is C16H17NO3S. The smallest absolute Gasteiger partial charge is 0.311 e. The van der Waals surface area contributed by atoms with Crippen LogP contribution in [0.4, 0.5) is 0 Å². The van der Waals surface area contributed by atoms with Gasteiger partial charge in [-0.05, 0) is 23.9 Å². The monoisotopic (exact) mass is 303 g/mol. The van der Waals surface area contributed by atoms with Crippen LogP contribution in [0.25, 0.3) is 0 Å². The predicted octanol–water partition coefficient (Wildman–Crippen LogP) is 2.71. The summed E-state index contributed by atoms with van der Waals surface area (Å²) in [6.45, 7) is 1.64. The Morgan fingerprint density at radius 2 is 1.95 bits per heavy atom. The van der Waals surface area contributed by atoms with Gasteiger partial charge in [-0.15, -0.1) is 11.3 Å². The van der Waals surface area contributed by atoms with Gasteiger partial charge >= 0.3 is 5.97 Å². The quantitative estimate of drug-likeness (QED) is 0.835. The van der Waals surface area contributed by atoms with Crippen molar-refractivity contribution < 1.29 is 14.3 Å². The maximum absolute atomic E-state index is 11.7. The molecule has 1 N–H and O–H groups in total. The first-order chi connectivity index (χ1) is 10.1. The Morgan fingerprint density at radius 1 is 1.19 bits per heavy atom. The van der Waals surface area contributed by atoms with Crippen LogP contribution in [0, 0.1) is 0 Å². The normalized spacial score (nSPS) is 11.7. The van der Waals surface area contributed by atoms with Gasteiger partial charge in [-0.2, -0.15) is 0 Å². The Kier molecular flexibility index (Phi) is 5.51. The van der Waals surface area contributed by atoms with E-state index in [1.54, 1.807) is 0 Å². The number of amides is 1. The van der Waals surface area contributed by atoms with Crippen LogP contribution in [0.15, 0.2) is 47.8 Å². The molecule has 0 bridgehead atoms. The third-order valence-electron chi connectivity index (χ3n) is 2.94. The molecule has 0 unspecified atom stereocenters. The van der Waals surface area contributed by atoms with E-state index in [0.717, 1.165) is 10.4 Å². The molecule has 0 aliphatic heterocycles. The zero-order chi connectivity index (χ0) is 15.1. The summed E-state index contributed by atoms with van der Waals surface area (Å²) in [6, 6.07) is 13.3. The van der Waals surface area contributed by atoms with E-state index in [1.807, 2.05) is 54.8 Å². The van der Waals surface area contributed by atoms with Gasteiger partial charge in [0.15, 0.2) is 6.61 Å². The number of nitrogens with one attached hydrogen (secondary N) is 1. The number of esters is 1. The van der Waals surface area contributed by atoms with E-state index in [4.69, 9.17) is 4.74 Å². The topological polar surface area (TPSA) is 55.4 Å². The van der Waals surface area contributed by atoms with Gasteiger partial charge in [0, 0.05) is 4.88 Å². The van der Waals surface area contributed by atoms with E-state index in [-0.39, 0.29) is 30.9 Å². The van der Waals surface area contributed by atoms with E-state index < -0.39 is 0 Å². The molecule has 0 aliphatic carbocycles. The summed E-state index contributed by atoms with van der Waals surface area (Å²) in [5, 5.41) is 4.70. The van der Waals surface area contributed by atoms with Gasteiger partial charge in [0.05, 0.1) is 12.5 Å². The Hall–Kier alpha value is -2.14. The zero-order valence-corrected chi connectivity index (χ0v) is 12.6. The number of carbonyl (C=O) groups excluding carboxylic acids is 2. The first kappa shape index (κ1) is 15.3. The van der Waals surface area contributed by atoms with Crippen molar-refractivity contribution in [3.63, 3.8) is 0 Å². The van der Waals surface area contributed by atoms with Crippen LogP contribution in [-0.4, -0.2) is 18.5 Å². The molecule has 110 valence electrons. The Morgan fingerprint density at radius 3 is 2.62 bits per heavy atom. The fourth-order valence-corrected chi connectivity index (χ4v) is 2.55. The summed E-state index contributed by atoms with van der Waals surface area (Å²) in [5.41, 5.74) is 1.01. The van der Waals surface area contributed by atoms with Gasteiger partial charge in [0.25, 0.3) is 5.91 Å². The molecule has 1 aromatic heterocycles. The molecule has 0 aliphatic rings. The van der Waals surface area contributed by atoms with E-state index in [9.17, 15) is 9.59 Å². The summed E-state index contributed by atoms with van der Waals surface area (Å²) < 4.78 is 4.97. The van der Waals surface area contributed by atoms with Crippen LogP contribution in [0.5, 0.6) is 0 Å². The highest BCUT2D eigenvalue weighted by atomic mass is 32.1. The lowest BCUT2D eigenvalue weighted by atomic mass is 10.1. The third kappa shape index (κ3) is 5.04. The average Bonchev–Trinajstić information content (AvgIpc) is 2.99. The SMILES string of the molecule is C[C@H](NC(=O)COC(=O)Cc1cccs1)c1ccccc1. The highest BCUT2D eigenvalue weighted by Crippen LogP contribution is 2.11. The molecule has 5 heteroatoms. The number of rotatable bonds is 6. The Bertz CT molecular complexity index is 581. The molecule has 0 radical (unpaired) electrons. The number of hydrogen-bond acceptors (Lipinski definition) is 4. The molecule has 0 saturated heterocycles. The lowest BCUT2D eigenvalue weighted by Crippen LogP contribution is -2.31. The Labute approximate surface area is 127 Å². The van der Waals surface area contributed by atoms with Crippen molar-refractivity contribution in [1.29, 1.82) is 0 Å². The minimum atomic E-state index is -0.389. The van der Waals surface area contributed by atoms with Crippen molar-refractivity contribution in [2.45, 2.75) is 19.4 Å². The first-order valence-corrected chi connectivity index (χ1v) is 7.55. The molecule has 0 saturated carbocycles. The van der Waals surface area contributed by atoms with Crippen LogP contribution in [0.3, 0.4) is 0 Å². The van der Waals surface area contributed by atoms with Gasteiger partial charge in [0.2, 0.25) is 0 Å². The summed E-state index contributed by atoms with van der Waals surface area (Å²) in [5.74, 6) is -0.689. The number of ether oxygens (including phenoxy) is 1. The zero-order valence-electron chi connectivity index (χ0n) is 11.7. The van der Waals surface area contributed by atoms with E-state index in [0.29, 0.717) is 0 Å². The summed E-state index contributed by atoms with van der Waals surface area (Å²) in [7, 11) is 0. The molecular weight excluding hydrogens is 286 g/mol. The summed E-state index contributed by atoms with van der Waals surface area (Å²) in [4.78, 5) is 24.3. The fourth-order valence-electron chi connectivity index (χ4n) is 1.86. The molecule has 21 heavy (non-hydrogen) atoms. The lowest BCUT2D eigenvalue weighted by molar-refractivity contribution is -0.148. The number of hydrogen-bond donors (Lipinski definition) is 1. The second-order valence-corrected chi connectivity index (χ2v) is 5.65. The molecule has 0 spiro atoms. The highest BCUT2D eigenvalue weighted by Gasteiger charge is 2.12. The Balaban J connectivity index is 1.73. The van der Waals surface area contributed by atoms with Crippen LogP contribution < -0.4 is 5.32 Å². The van der Waals surface area contributed by atoms with E-state index >= 15 is 0 Å². The van der Waals surface area contributed by atoms with Gasteiger partial charge in [0.1, 0.15) is 0 Å².